The summed E-state index contributed by atoms with van der Waals surface area (Å²) in [7, 11) is 6.03. The van der Waals surface area contributed by atoms with Crippen LogP contribution in [0.3, 0.4) is 0 Å². The quantitative estimate of drug-likeness (QED) is 0.522. The average molecular weight is 506 g/mol. The molecule has 9 nitrogen and oxygen atoms in total. The van der Waals surface area contributed by atoms with E-state index in [1.165, 1.54) is 62.8 Å². The zero-order chi connectivity index (χ0) is 24.0. The van der Waals surface area contributed by atoms with Crippen LogP contribution < -0.4 is 9.47 Å². The zero-order valence-corrected chi connectivity index (χ0v) is 20.1. The molecule has 0 radical (unpaired) electrons. The molecule has 0 saturated carbocycles. The van der Waals surface area contributed by atoms with E-state index >= 15 is 0 Å². The highest BCUT2D eigenvalue weighted by Gasteiger charge is 2.41. The van der Waals surface area contributed by atoms with E-state index in [4.69, 9.17) is 44.3 Å². The number of halogens is 3. The predicted molar refractivity (Wildman–Crippen MR) is 120 cm³/mol. The third-order valence-corrected chi connectivity index (χ3v) is 5.29. The molecule has 174 valence electrons. The van der Waals surface area contributed by atoms with Crippen molar-refractivity contribution in [1.29, 1.82) is 0 Å². The fourth-order valence-corrected chi connectivity index (χ4v) is 3.41. The molecule has 0 fully saturated rings. The number of ether oxygens (including phenoxy) is 2. The highest BCUT2D eigenvalue weighted by Crippen LogP contribution is 2.30. The minimum Gasteiger partial charge on any atom is -0.474 e. The molecule has 2 unspecified atom stereocenters. The lowest BCUT2D eigenvalue weighted by molar-refractivity contribution is -0.151. The van der Waals surface area contributed by atoms with Gasteiger partial charge in [-0.1, -0.05) is 23.2 Å². The number of aliphatic hydroxyl groups excluding tert-OH is 1. The highest BCUT2D eigenvalue weighted by atomic mass is 35.5. The number of rotatable bonds is 9. The predicted octanol–water partition coefficient (Wildman–Crippen LogP) is 2.39. The first-order valence-corrected chi connectivity index (χ1v) is 10.6. The first-order valence-electron chi connectivity index (χ1n) is 9.29. The Morgan fingerprint density at radius 2 is 1.28 bits per heavy atom. The molecule has 0 aliphatic rings. The molecular formula is C20H23Cl3N4O5. The normalized spacial score (nSPS) is 12.6. The maximum atomic E-state index is 13.1. The van der Waals surface area contributed by atoms with Crippen LogP contribution in [0.25, 0.3) is 0 Å². The Labute approximate surface area is 200 Å². The smallest absolute Gasteiger partial charge is 0.267 e. The molecule has 2 aromatic heterocycles. The first kappa shape index (κ1) is 25.9. The van der Waals surface area contributed by atoms with Crippen molar-refractivity contribution in [1.82, 2.24) is 19.8 Å². The Bertz CT molecular complexity index is 897. The van der Waals surface area contributed by atoms with E-state index in [1.54, 1.807) is 0 Å². The number of amides is 2. The summed E-state index contributed by atoms with van der Waals surface area (Å²) in [5.74, 6) is -0.996. The van der Waals surface area contributed by atoms with Crippen LogP contribution in [0.4, 0.5) is 0 Å². The molecule has 0 saturated heterocycles. The van der Waals surface area contributed by atoms with Gasteiger partial charge >= 0.3 is 0 Å². The molecule has 0 spiro atoms. The van der Waals surface area contributed by atoms with Gasteiger partial charge in [0, 0.05) is 51.7 Å². The van der Waals surface area contributed by atoms with Crippen LogP contribution in [0.1, 0.15) is 11.1 Å². The lowest BCUT2D eigenvalue weighted by Crippen LogP contribution is -2.54. The minimum absolute atomic E-state index is 0.0143. The molecule has 0 aliphatic heterocycles. The van der Waals surface area contributed by atoms with Crippen LogP contribution in [0, 0.1) is 0 Å². The van der Waals surface area contributed by atoms with Crippen LogP contribution in [0.2, 0.25) is 10.0 Å². The zero-order valence-electron chi connectivity index (χ0n) is 17.9. The number of likely N-dealkylation sites (N-methyl/N-ethyl adjacent to an activating group) is 2. The summed E-state index contributed by atoms with van der Waals surface area (Å²) in [6, 6.07) is 0. The molecule has 2 aromatic rings. The number of hydrogen-bond donors (Lipinski definition) is 1. The number of hydrogen-bond acceptors (Lipinski definition) is 7. The number of aliphatic hydroxyl groups is 1. The van der Waals surface area contributed by atoms with Crippen LogP contribution in [0.15, 0.2) is 24.8 Å². The van der Waals surface area contributed by atoms with Gasteiger partial charge in [-0.25, -0.2) is 0 Å². The van der Waals surface area contributed by atoms with Gasteiger partial charge in [0.25, 0.3) is 11.8 Å². The Morgan fingerprint density at radius 3 is 1.66 bits per heavy atom. The molecule has 2 amide bonds. The molecule has 0 bridgehead atoms. The van der Waals surface area contributed by atoms with Gasteiger partial charge in [0.15, 0.2) is 0 Å². The van der Waals surface area contributed by atoms with Gasteiger partial charge in [0.05, 0.1) is 34.9 Å². The van der Waals surface area contributed by atoms with Crippen molar-refractivity contribution >= 4 is 46.6 Å². The Morgan fingerprint density at radius 1 is 0.875 bits per heavy atom. The number of nitrogens with zero attached hydrogens (tertiary/aromatic N) is 4. The van der Waals surface area contributed by atoms with Crippen molar-refractivity contribution in [2.45, 2.75) is 24.7 Å². The largest absolute Gasteiger partial charge is 0.474 e. The molecule has 0 aliphatic carbocycles. The van der Waals surface area contributed by atoms with Crippen molar-refractivity contribution < 1.29 is 24.2 Å². The number of carbonyl (C=O) groups is 2. The summed E-state index contributed by atoms with van der Waals surface area (Å²) in [6.07, 6.45) is 2.43. The third-order valence-electron chi connectivity index (χ3n) is 4.37. The summed E-state index contributed by atoms with van der Waals surface area (Å²) < 4.78 is 11.8. The Hall–Kier alpha value is -2.33. The van der Waals surface area contributed by atoms with Gasteiger partial charge in [0.2, 0.25) is 12.2 Å². The molecule has 0 aromatic carbocycles. The van der Waals surface area contributed by atoms with Gasteiger partial charge in [0.1, 0.15) is 11.5 Å². The highest BCUT2D eigenvalue weighted by molar-refractivity contribution is 6.32. The van der Waals surface area contributed by atoms with E-state index in [9.17, 15) is 14.7 Å². The Balaban J connectivity index is 2.59. The number of aromatic nitrogens is 2. The molecule has 2 atom stereocenters. The molecule has 12 heteroatoms. The maximum Gasteiger partial charge on any atom is 0.267 e. The topological polar surface area (TPSA) is 105 Å². The van der Waals surface area contributed by atoms with E-state index in [-0.39, 0.29) is 33.0 Å². The minimum atomic E-state index is -1.47. The number of pyridine rings is 2. The first-order chi connectivity index (χ1) is 15.1. The molecule has 32 heavy (non-hydrogen) atoms. The second-order valence-electron chi connectivity index (χ2n) is 7.03. The summed E-state index contributed by atoms with van der Waals surface area (Å²) in [5, 5.41) is 10.1. The number of alkyl halides is 1. The second kappa shape index (κ2) is 11.5. The van der Waals surface area contributed by atoms with E-state index < -0.39 is 30.6 Å². The van der Waals surface area contributed by atoms with Crippen molar-refractivity contribution in [3.63, 3.8) is 0 Å². The van der Waals surface area contributed by atoms with E-state index in [2.05, 4.69) is 9.97 Å². The monoisotopic (exact) mass is 504 g/mol. The van der Waals surface area contributed by atoms with E-state index in [0.29, 0.717) is 5.56 Å². The fourth-order valence-electron chi connectivity index (χ4n) is 2.64. The van der Waals surface area contributed by atoms with Gasteiger partial charge in [-0.3, -0.25) is 19.6 Å². The van der Waals surface area contributed by atoms with Crippen molar-refractivity contribution in [2.75, 3.05) is 28.2 Å². The van der Waals surface area contributed by atoms with E-state index in [1.807, 2.05) is 0 Å². The lowest BCUT2D eigenvalue weighted by atomic mass is 10.1. The van der Waals surface area contributed by atoms with Crippen LogP contribution in [-0.4, -0.2) is 77.1 Å². The molecule has 2 heterocycles. The summed E-state index contributed by atoms with van der Waals surface area (Å²) in [6.45, 7) is -0.471. The number of carbonyl (C=O) groups excluding carboxylic acids is 2. The summed E-state index contributed by atoms with van der Waals surface area (Å²) >= 11 is 18.2. The standard InChI is InChI=1S/C20H23Cl3N4O5/c1-26(2)19(29)17(31-15-8-24-6-13(22)11(15)5-21)18(20(30)27(3)4)32-16-9-25-7-14(23)12(16)10-28/h6-9,17-18,28H,5,10H2,1-4H3. The van der Waals surface area contributed by atoms with Crippen LogP contribution in [-0.2, 0) is 22.1 Å². The van der Waals surface area contributed by atoms with Crippen molar-refractivity contribution in [3.05, 3.63) is 46.0 Å². The SMILES string of the molecule is CN(C)C(=O)C(Oc1cncc(Cl)c1CO)C(Oc1cncc(Cl)c1CCl)C(=O)N(C)C. The van der Waals surface area contributed by atoms with Crippen LogP contribution >= 0.6 is 34.8 Å². The van der Waals surface area contributed by atoms with Gasteiger partial charge in [-0.05, 0) is 0 Å². The second-order valence-corrected chi connectivity index (χ2v) is 8.11. The maximum absolute atomic E-state index is 13.1. The van der Waals surface area contributed by atoms with Gasteiger partial charge in [-0.15, -0.1) is 11.6 Å². The van der Waals surface area contributed by atoms with Gasteiger partial charge < -0.3 is 24.4 Å². The lowest BCUT2D eigenvalue weighted by Gasteiger charge is -2.31. The summed E-state index contributed by atoms with van der Waals surface area (Å²) in [4.78, 5) is 36.6. The molecule has 2 rings (SSSR count). The van der Waals surface area contributed by atoms with Crippen LogP contribution in [0.5, 0.6) is 11.5 Å². The average Bonchev–Trinajstić information content (AvgIpc) is 2.75. The molecule has 1 N–H and O–H groups in total. The van der Waals surface area contributed by atoms with Crippen molar-refractivity contribution in [2.24, 2.45) is 0 Å². The Kier molecular flexibility index (Phi) is 9.33. The molecular weight excluding hydrogens is 483 g/mol. The van der Waals surface area contributed by atoms with E-state index in [0.717, 1.165) is 0 Å². The van der Waals surface area contributed by atoms with Crippen molar-refractivity contribution in [3.8, 4) is 11.5 Å². The summed E-state index contributed by atoms with van der Waals surface area (Å²) in [5.41, 5.74) is 0.608. The fraction of sp³-hybridized carbons (Fsp3) is 0.400. The van der Waals surface area contributed by atoms with Gasteiger partial charge in [-0.2, -0.15) is 0 Å². The third kappa shape index (κ3) is 5.92.